The molecule has 1 saturated heterocycles. The van der Waals surface area contributed by atoms with Crippen molar-refractivity contribution in [1.29, 1.82) is 0 Å². The van der Waals surface area contributed by atoms with Crippen LogP contribution in [0.1, 0.15) is 35.7 Å². The molecule has 27 heavy (non-hydrogen) atoms. The molecule has 0 spiro atoms. The summed E-state index contributed by atoms with van der Waals surface area (Å²) >= 11 is 0. The number of hydrogen-bond acceptors (Lipinski definition) is 3. The first-order valence-corrected chi connectivity index (χ1v) is 11.2. The Morgan fingerprint density at radius 2 is 1.93 bits per heavy atom. The fourth-order valence-corrected chi connectivity index (χ4v) is 5.57. The average Bonchev–Trinajstić information content (AvgIpc) is 3.28. The largest absolute Gasteiger partial charge is 0.346 e. The van der Waals surface area contributed by atoms with Crippen molar-refractivity contribution in [3.05, 3.63) is 65.4 Å². The van der Waals surface area contributed by atoms with Crippen LogP contribution in [-0.2, 0) is 23.3 Å². The lowest BCUT2D eigenvalue weighted by molar-refractivity contribution is 0.595. The SMILES string of the molecule is Cc1c(C2CCCN2)n(C)c2ccc(CCS(=O)(=O)c3ccccc3)cc12. The molecular formula is C22H26N2O2S. The molecule has 1 unspecified atom stereocenters. The minimum Gasteiger partial charge on any atom is -0.346 e. The van der Waals surface area contributed by atoms with Crippen molar-refractivity contribution >= 4 is 20.7 Å². The van der Waals surface area contributed by atoms with E-state index in [1.54, 1.807) is 24.3 Å². The summed E-state index contributed by atoms with van der Waals surface area (Å²) in [6.07, 6.45) is 2.92. The van der Waals surface area contributed by atoms with Crippen LogP contribution in [0.3, 0.4) is 0 Å². The molecule has 1 atom stereocenters. The predicted octanol–water partition coefficient (Wildman–Crippen LogP) is 3.93. The number of sulfone groups is 1. The van der Waals surface area contributed by atoms with Gasteiger partial charge in [0, 0.05) is 29.7 Å². The van der Waals surface area contributed by atoms with Crippen molar-refractivity contribution in [2.75, 3.05) is 12.3 Å². The number of fused-ring (bicyclic) bond motifs is 1. The third-order valence-electron chi connectivity index (χ3n) is 5.72. The lowest BCUT2D eigenvalue weighted by Crippen LogP contribution is -2.16. The van der Waals surface area contributed by atoms with Crippen molar-refractivity contribution in [3.63, 3.8) is 0 Å². The summed E-state index contributed by atoms with van der Waals surface area (Å²) in [6.45, 7) is 3.26. The molecule has 0 saturated carbocycles. The molecule has 1 N–H and O–H groups in total. The van der Waals surface area contributed by atoms with E-state index in [9.17, 15) is 8.42 Å². The Hall–Kier alpha value is -2.11. The highest BCUT2D eigenvalue weighted by atomic mass is 32.2. The van der Waals surface area contributed by atoms with Crippen LogP contribution in [-0.4, -0.2) is 25.3 Å². The Balaban J connectivity index is 1.61. The quantitative estimate of drug-likeness (QED) is 0.727. The van der Waals surface area contributed by atoms with Crippen LogP contribution >= 0.6 is 0 Å². The van der Waals surface area contributed by atoms with Gasteiger partial charge in [0.1, 0.15) is 0 Å². The number of aryl methyl sites for hydroxylation is 3. The third kappa shape index (κ3) is 3.42. The fourth-order valence-electron chi connectivity index (χ4n) is 4.26. The zero-order valence-corrected chi connectivity index (χ0v) is 16.7. The summed E-state index contributed by atoms with van der Waals surface area (Å²) in [5, 5.41) is 4.83. The smallest absolute Gasteiger partial charge is 0.178 e. The molecule has 0 bridgehead atoms. The van der Waals surface area contributed by atoms with Crippen LogP contribution < -0.4 is 5.32 Å². The standard InChI is InChI=1S/C22H26N2O2S/c1-16-19-15-17(12-14-27(25,26)18-7-4-3-5-8-18)10-11-21(19)24(2)22(16)20-9-6-13-23-20/h3-5,7-8,10-11,15,20,23H,6,9,12-14H2,1-2H3. The van der Waals surface area contributed by atoms with Gasteiger partial charge in [-0.25, -0.2) is 8.42 Å². The molecule has 4 nitrogen and oxygen atoms in total. The molecule has 1 fully saturated rings. The van der Waals surface area contributed by atoms with Gasteiger partial charge in [0.25, 0.3) is 0 Å². The van der Waals surface area contributed by atoms with E-state index in [2.05, 4.69) is 42.1 Å². The Bertz CT molecular complexity index is 1060. The van der Waals surface area contributed by atoms with Crippen LogP contribution in [0, 0.1) is 6.92 Å². The van der Waals surface area contributed by atoms with E-state index in [0.717, 1.165) is 12.1 Å². The van der Waals surface area contributed by atoms with Crippen LogP contribution in [0.25, 0.3) is 10.9 Å². The molecule has 2 heterocycles. The van der Waals surface area contributed by atoms with Gasteiger partial charge in [-0.3, -0.25) is 0 Å². The molecule has 0 amide bonds. The molecular weight excluding hydrogens is 356 g/mol. The van der Waals surface area contributed by atoms with Gasteiger partial charge in [0.15, 0.2) is 9.84 Å². The van der Waals surface area contributed by atoms with Gasteiger partial charge in [-0.05, 0) is 68.1 Å². The Labute approximate surface area is 161 Å². The van der Waals surface area contributed by atoms with Crippen LogP contribution in [0.4, 0.5) is 0 Å². The Morgan fingerprint density at radius 1 is 1.15 bits per heavy atom. The number of nitrogens with zero attached hydrogens (tertiary/aromatic N) is 1. The first-order chi connectivity index (χ1) is 13.0. The summed E-state index contributed by atoms with van der Waals surface area (Å²) in [6, 6.07) is 15.5. The maximum absolute atomic E-state index is 12.6. The van der Waals surface area contributed by atoms with E-state index in [1.165, 1.54) is 35.0 Å². The Kier molecular flexibility index (Phi) is 4.82. The van der Waals surface area contributed by atoms with Crippen LogP contribution in [0.15, 0.2) is 53.4 Å². The summed E-state index contributed by atoms with van der Waals surface area (Å²) < 4.78 is 27.4. The maximum Gasteiger partial charge on any atom is 0.178 e. The molecule has 0 radical (unpaired) electrons. The molecule has 1 aromatic heterocycles. The van der Waals surface area contributed by atoms with Gasteiger partial charge < -0.3 is 9.88 Å². The molecule has 0 aliphatic carbocycles. The number of hydrogen-bond donors (Lipinski definition) is 1. The molecule has 1 aliphatic heterocycles. The van der Waals surface area contributed by atoms with E-state index in [1.807, 2.05) is 6.07 Å². The minimum absolute atomic E-state index is 0.130. The lowest BCUT2D eigenvalue weighted by Gasteiger charge is -2.13. The number of rotatable bonds is 5. The van der Waals surface area contributed by atoms with Crippen molar-refractivity contribution in [2.24, 2.45) is 7.05 Å². The predicted molar refractivity (Wildman–Crippen MR) is 110 cm³/mol. The zero-order valence-electron chi connectivity index (χ0n) is 15.9. The van der Waals surface area contributed by atoms with Gasteiger partial charge in [-0.1, -0.05) is 24.3 Å². The van der Waals surface area contributed by atoms with Gasteiger partial charge in [0.05, 0.1) is 10.6 Å². The highest BCUT2D eigenvalue weighted by Gasteiger charge is 2.23. The molecule has 4 rings (SSSR count). The topological polar surface area (TPSA) is 51.1 Å². The van der Waals surface area contributed by atoms with E-state index in [0.29, 0.717) is 17.4 Å². The summed E-state index contributed by atoms with van der Waals surface area (Å²) in [5.41, 5.74) is 4.95. The lowest BCUT2D eigenvalue weighted by atomic mass is 10.0. The zero-order chi connectivity index (χ0) is 19.0. The molecule has 1 aliphatic rings. The molecule has 142 valence electrons. The average molecular weight is 383 g/mol. The molecule has 5 heteroatoms. The normalized spacial score (nSPS) is 17.6. The van der Waals surface area contributed by atoms with E-state index >= 15 is 0 Å². The highest BCUT2D eigenvalue weighted by molar-refractivity contribution is 7.91. The molecule has 2 aromatic carbocycles. The maximum atomic E-state index is 12.6. The third-order valence-corrected chi connectivity index (χ3v) is 7.46. The van der Waals surface area contributed by atoms with Crippen molar-refractivity contribution < 1.29 is 8.42 Å². The van der Waals surface area contributed by atoms with E-state index in [4.69, 9.17) is 0 Å². The first kappa shape index (κ1) is 18.3. The summed E-state index contributed by atoms with van der Waals surface area (Å²) in [4.78, 5) is 0.400. The van der Waals surface area contributed by atoms with Gasteiger partial charge >= 0.3 is 0 Å². The number of benzene rings is 2. The van der Waals surface area contributed by atoms with E-state index < -0.39 is 9.84 Å². The fraction of sp³-hybridized carbons (Fsp3) is 0.364. The van der Waals surface area contributed by atoms with E-state index in [-0.39, 0.29) is 5.75 Å². The Morgan fingerprint density at radius 3 is 2.63 bits per heavy atom. The monoisotopic (exact) mass is 382 g/mol. The van der Waals surface area contributed by atoms with Gasteiger partial charge in [0.2, 0.25) is 0 Å². The van der Waals surface area contributed by atoms with Gasteiger partial charge in [-0.15, -0.1) is 0 Å². The molecule has 3 aromatic rings. The van der Waals surface area contributed by atoms with Gasteiger partial charge in [-0.2, -0.15) is 0 Å². The van der Waals surface area contributed by atoms with Crippen molar-refractivity contribution in [3.8, 4) is 0 Å². The first-order valence-electron chi connectivity index (χ1n) is 9.56. The number of nitrogens with one attached hydrogen (secondary N) is 1. The second-order valence-corrected chi connectivity index (χ2v) is 9.56. The highest BCUT2D eigenvalue weighted by Crippen LogP contribution is 2.33. The second-order valence-electron chi connectivity index (χ2n) is 7.45. The minimum atomic E-state index is -3.25. The van der Waals surface area contributed by atoms with Crippen molar-refractivity contribution in [1.82, 2.24) is 9.88 Å². The van der Waals surface area contributed by atoms with Crippen LogP contribution in [0.5, 0.6) is 0 Å². The van der Waals surface area contributed by atoms with Crippen molar-refractivity contribution in [2.45, 2.75) is 37.1 Å². The number of aromatic nitrogens is 1. The summed E-state index contributed by atoms with van der Waals surface area (Å²) in [7, 11) is -1.12. The van der Waals surface area contributed by atoms with Crippen LogP contribution in [0.2, 0.25) is 0 Å². The second kappa shape index (κ2) is 7.13. The summed E-state index contributed by atoms with van der Waals surface area (Å²) in [5.74, 6) is 0.130.